The van der Waals surface area contributed by atoms with Crippen molar-refractivity contribution in [2.24, 2.45) is 5.92 Å². The molecule has 0 aromatic heterocycles. The smallest absolute Gasteiger partial charge is 0.0687 e. The van der Waals surface area contributed by atoms with Crippen molar-refractivity contribution in [3.63, 3.8) is 0 Å². The summed E-state index contributed by atoms with van der Waals surface area (Å²) in [6.45, 7) is 11.1. The van der Waals surface area contributed by atoms with Gasteiger partial charge in [-0.05, 0) is 32.3 Å². The van der Waals surface area contributed by atoms with E-state index in [2.05, 4.69) is 44.3 Å². The van der Waals surface area contributed by atoms with Gasteiger partial charge in [0.2, 0.25) is 0 Å². The molecule has 1 aromatic rings. The van der Waals surface area contributed by atoms with Crippen molar-refractivity contribution < 1.29 is 5.11 Å². The van der Waals surface area contributed by atoms with E-state index in [-0.39, 0.29) is 12.1 Å². The van der Waals surface area contributed by atoms with Gasteiger partial charge in [-0.15, -0.1) is 0 Å². The van der Waals surface area contributed by atoms with Gasteiger partial charge >= 0.3 is 0 Å². The Hall–Kier alpha value is -0.860. The van der Waals surface area contributed by atoms with Crippen molar-refractivity contribution in [1.82, 2.24) is 5.32 Å². The number of rotatable bonds is 5. The summed E-state index contributed by atoms with van der Waals surface area (Å²) in [6.07, 6.45) is -0.275. The lowest BCUT2D eigenvalue weighted by molar-refractivity contribution is 0.120. The second kappa shape index (κ2) is 6.18. The second-order valence-corrected chi connectivity index (χ2v) is 5.36. The van der Waals surface area contributed by atoms with E-state index < -0.39 is 0 Å². The zero-order valence-corrected chi connectivity index (χ0v) is 11.6. The zero-order chi connectivity index (χ0) is 13.0. The molecule has 0 amide bonds. The minimum atomic E-state index is -0.275. The predicted octanol–water partition coefficient (Wildman–Crippen LogP) is 2.97. The molecule has 0 bridgehead atoms. The van der Waals surface area contributed by atoms with E-state index in [9.17, 15) is 5.11 Å². The molecule has 2 heteroatoms. The van der Waals surface area contributed by atoms with Crippen LogP contribution in [0.3, 0.4) is 0 Å². The van der Waals surface area contributed by atoms with Crippen molar-refractivity contribution in [3.05, 3.63) is 34.9 Å². The van der Waals surface area contributed by atoms with Gasteiger partial charge in [0.15, 0.2) is 0 Å². The van der Waals surface area contributed by atoms with Crippen LogP contribution in [-0.4, -0.2) is 17.8 Å². The number of hydrogen-bond donors (Lipinski definition) is 2. The summed E-state index contributed by atoms with van der Waals surface area (Å²) in [4.78, 5) is 0. The fraction of sp³-hybridized carbons (Fsp3) is 0.600. The molecule has 0 spiro atoms. The molecule has 2 nitrogen and oxygen atoms in total. The van der Waals surface area contributed by atoms with E-state index in [0.717, 1.165) is 0 Å². The molecule has 0 aliphatic carbocycles. The Kier molecular flexibility index (Phi) is 5.16. The lowest BCUT2D eigenvalue weighted by atomic mass is 10.0. The van der Waals surface area contributed by atoms with E-state index >= 15 is 0 Å². The summed E-state index contributed by atoms with van der Waals surface area (Å²) < 4.78 is 0. The molecule has 2 atom stereocenters. The zero-order valence-electron chi connectivity index (χ0n) is 11.6. The summed E-state index contributed by atoms with van der Waals surface area (Å²) in [6, 6.07) is 6.86. The Morgan fingerprint density at radius 2 is 1.59 bits per heavy atom. The van der Waals surface area contributed by atoms with E-state index in [1.807, 2.05) is 13.8 Å². The van der Waals surface area contributed by atoms with E-state index in [4.69, 9.17) is 0 Å². The van der Waals surface area contributed by atoms with Crippen molar-refractivity contribution in [1.29, 1.82) is 0 Å². The standard InChI is InChI=1S/C15H25NO/c1-10(2)15(17)9-16-13(5)14-7-11(3)6-12(4)8-14/h6-8,10,13,15-17H,9H2,1-5H3. The quantitative estimate of drug-likeness (QED) is 0.822. The first kappa shape index (κ1) is 14.2. The van der Waals surface area contributed by atoms with Crippen LogP contribution >= 0.6 is 0 Å². The Labute approximate surface area is 105 Å². The largest absolute Gasteiger partial charge is 0.392 e. The molecule has 1 aromatic carbocycles. The highest BCUT2D eigenvalue weighted by Gasteiger charge is 2.11. The summed E-state index contributed by atoms with van der Waals surface area (Å²) in [5.74, 6) is 0.300. The molecular formula is C15H25NO. The van der Waals surface area contributed by atoms with E-state index in [1.165, 1.54) is 16.7 Å². The van der Waals surface area contributed by atoms with Gasteiger partial charge in [-0.1, -0.05) is 43.2 Å². The van der Waals surface area contributed by atoms with Gasteiger partial charge in [0.1, 0.15) is 0 Å². The average molecular weight is 235 g/mol. The van der Waals surface area contributed by atoms with E-state index in [0.29, 0.717) is 12.5 Å². The molecule has 0 saturated heterocycles. The summed E-state index contributed by atoms with van der Waals surface area (Å²) in [7, 11) is 0. The fourth-order valence-electron chi connectivity index (χ4n) is 1.91. The van der Waals surface area contributed by atoms with Crippen molar-refractivity contribution in [2.75, 3.05) is 6.54 Å². The Bertz CT molecular complexity index is 340. The SMILES string of the molecule is Cc1cc(C)cc(C(C)NCC(O)C(C)C)c1. The summed E-state index contributed by atoms with van der Waals surface area (Å²) in [5, 5.41) is 13.2. The van der Waals surface area contributed by atoms with Gasteiger partial charge in [-0.25, -0.2) is 0 Å². The van der Waals surface area contributed by atoms with Gasteiger partial charge in [0, 0.05) is 12.6 Å². The topological polar surface area (TPSA) is 32.3 Å². The van der Waals surface area contributed by atoms with Crippen LogP contribution in [0.1, 0.15) is 43.5 Å². The predicted molar refractivity (Wildman–Crippen MR) is 73.2 cm³/mol. The minimum absolute atomic E-state index is 0.275. The summed E-state index contributed by atoms with van der Waals surface area (Å²) >= 11 is 0. The van der Waals surface area contributed by atoms with Gasteiger partial charge in [-0.3, -0.25) is 0 Å². The minimum Gasteiger partial charge on any atom is -0.392 e. The maximum atomic E-state index is 9.77. The lowest BCUT2D eigenvalue weighted by Crippen LogP contribution is -2.32. The number of nitrogens with one attached hydrogen (secondary N) is 1. The monoisotopic (exact) mass is 235 g/mol. The number of benzene rings is 1. The number of aryl methyl sites for hydroxylation is 2. The Morgan fingerprint density at radius 3 is 2.06 bits per heavy atom. The first-order valence-electron chi connectivity index (χ1n) is 6.39. The molecule has 0 fully saturated rings. The third-order valence-corrected chi connectivity index (χ3v) is 3.15. The maximum Gasteiger partial charge on any atom is 0.0687 e. The third-order valence-electron chi connectivity index (χ3n) is 3.15. The molecule has 2 unspecified atom stereocenters. The van der Waals surface area contributed by atoms with Gasteiger partial charge in [0.25, 0.3) is 0 Å². The molecule has 0 aliphatic heterocycles. The highest BCUT2D eigenvalue weighted by Crippen LogP contribution is 2.16. The number of aliphatic hydroxyl groups is 1. The first-order chi connectivity index (χ1) is 7.90. The molecule has 2 N–H and O–H groups in total. The van der Waals surface area contributed by atoms with Crippen LogP contribution in [0.15, 0.2) is 18.2 Å². The molecule has 96 valence electrons. The van der Waals surface area contributed by atoms with Crippen LogP contribution in [-0.2, 0) is 0 Å². The highest BCUT2D eigenvalue weighted by atomic mass is 16.3. The normalized spacial score (nSPS) is 15.0. The molecule has 0 saturated carbocycles. The number of aliphatic hydroxyl groups excluding tert-OH is 1. The van der Waals surface area contributed by atoms with Gasteiger partial charge in [0.05, 0.1) is 6.10 Å². The molecule has 0 radical (unpaired) electrons. The molecular weight excluding hydrogens is 210 g/mol. The van der Waals surface area contributed by atoms with Crippen LogP contribution in [0.5, 0.6) is 0 Å². The molecule has 1 rings (SSSR count). The number of hydrogen-bond acceptors (Lipinski definition) is 2. The van der Waals surface area contributed by atoms with Crippen LogP contribution in [0.4, 0.5) is 0 Å². The Balaban J connectivity index is 2.60. The highest BCUT2D eigenvalue weighted by molar-refractivity contribution is 5.30. The van der Waals surface area contributed by atoms with Crippen LogP contribution in [0.25, 0.3) is 0 Å². The van der Waals surface area contributed by atoms with Crippen molar-refractivity contribution in [3.8, 4) is 0 Å². The lowest BCUT2D eigenvalue weighted by Gasteiger charge is -2.20. The Morgan fingerprint density at radius 1 is 1.06 bits per heavy atom. The molecule has 17 heavy (non-hydrogen) atoms. The van der Waals surface area contributed by atoms with Crippen LogP contribution in [0, 0.1) is 19.8 Å². The maximum absolute atomic E-state index is 9.77. The van der Waals surface area contributed by atoms with Crippen LogP contribution < -0.4 is 5.32 Å². The van der Waals surface area contributed by atoms with Crippen molar-refractivity contribution >= 4 is 0 Å². The van der Waals surface area contributed by atoms with E-state index in [1.54, 1.807) is 0 Å². The van der Waals surface area contributed by atoms with Gasteiger partial charge in [-0.2, -0.15) is 0 Å². The first-order valence-corrected chi connectivity index (χ1v) is 6.39. The fourth-order valence-corrected chi connectivity index (χ4v) is 1.91. The summed E-state index contributed by atoms with van der Waals surface area (Å²) in [5.41, 5.74) is 3.87. The molecule has 0 heterocycles. The van der Waals surface area contributed by atoms with Crippen molar-refractivity contribution in [2.45, 2.75) is 46.8 Å². The van der Waals surface area contributed by atoms with Gasteiger partial charge < -0.3 is 10.4 Å². The average Bonchev–Trinajstić information content (AvgIpc) is 2.23. The second-order valence-electron chi connectivity index (χ2n) is 5.36. The third kappa shape index (κ3) is 4.49. The van der Waals surface area contributed by atoms with Crippen LogP contribution in [0.2, 0.25) is 0 Å². The molecule has 0 aliphatic rings.